The summed E-state index contributed by atoms with van der Waals surface area (Å²) < 4.78 is 22.0. The first-order valence-electron chi connectivity index (χ1n) is 6.27. The summed E-state index contributed by atoms with van der Waals surface area (Å²) in [5.41, 5.74) is 0. The summed E-state index contributed by atoms with van der Waals surface area (Å²) >= 11 is 0. The van der Waals surface area contributed by atoms with Gasteiger partial charge < -0.3 is 5.11 Å². The maximum Gasteiger partial charge on any atom is 0.192 e. The summed E-state index contributed by atoms with van der Waals surface area (Å²) in [7, 11) is -3.17. The Labute approximate surface area is 105 Å². The van der Waals surface area contributed by atoms with E-state index in [1.807, 2.05) is 0 Å². The van der Waals surface area contributed by atoms with Crippen LogP contribution in [0, 0.1) is 0 Å². The Hall–Kier alpha value is -0.610. The van der Waals surface area contributed by atoms with Gasteiger partial charge in [-0.15, -0.1) is 0 Å². The van der Waals surface area contributed by atoms with Crippen LogP contribution in [0.2, 0.25) is 0 Å². The second-order valence-corrected chi connectivity index (χ2v) is 5.90. The molecule has 0 aliphatic heterocycles. The highest BCUT2D eigenvalue weighted by Crippen LogP contribution is 2.09. The van der Waals surface area contributed by atoms with E-state index in [1.165, 1.54) is 24.7 Å². The quantitative estimate of drug-likeness (QED) is 0.580. The van der Waals surface area contributed by atoms with E-state index in [0.717, 1.165) is 37.5 Å². The van der Waals surface area contributed by atoms with E-state index >= 15 is 0 Å². The number of unbranched alkanes of at least 4 members (excludes halogenated alkanes) is 7. The smallest absolute Gasteiger partial charge is 0.192 e. The van der Waals surface area contributed by atoms with Crippen molar-refractivity contribution in [1.29, 1.82) is 0 Å². The lowest BCUT2D eigenvalue weighted by Gasteiger charge is -1.99. The Morgan fingerprint density at radius 3 is 2.00 bits per heavy atom. The fraction of sp³-hybridized carbons (Fsp3) is 0.692. The predicted octanol–water partition coefficient (Wildman–Crippen LogP) is 3.17. The van der Waals surface area contributed by atoms with Crippen molar-refractivity contribution in [3.63, 3.8) is 0 Å². The number of hydrogen-bond acceptors (Lipinski definition) is 3. The number of allylic oxidation sites excluding steroid dienone is 1. The van der Waals surface area contributed by atoms with E-state index in [-0.39, 0.29) is 0 Å². The molecule has 0 aromatic rings. The largest absolute Gasteiger partial charge is 0.396 e. The minimum Gasteiger partial charge on any atom is -0.396 e. The molecule has 100 valence electrons. The molecule has 0 aromatic carbocycles. The van der Waals surface area contributed by atoms with Crippen molar-refractivity contribution in [3.05, 3.63) is 23.5 Å². The molecule has 0 aliphatic carbocycles. The SMILES string of the molecule is C=CS(=O)(=O)/C=C/CCCCCCCCCO. The molecule has 0 unspecified atom stereocenters. The molecule has 1 N–H and O–H groups in total. The zero-order valence-corrected chi connectivity index (χ0v) is 11.3. The molecule has 0 atom stereocenters. The van der Waals surface area contributed by atoms with Crippen molar-refractivity contribution >= 4 is 9.84 Å². The van der Waals surface area contributed by atoms with Crippen LogP contribution >= 0.6 is 0 Å². The van der Waals surface area contributed by atoms with E-state index in [4.69, 9.17) is 5.11 Å². The van der Waals surface area contributed by atoms with Crippen molar-refractivity contribution in [1.82, 2.24) is 0 Å². The van der Waals surface area contributed by atoms with Gasteiger partial charge in [-0.2, -0.15) is 0 Å². The summed E-state index contributed by atoms with van der Waals surface area (Å²) in [5.74, 6) is 0. The molecule has 0 saturated carbocycles. The minimum atomic E-state index is -3.17. The van der Waals surface area contributed by atoms with Crippen LogP contribution in [-0.2, 0) is 9.84 Å². The van der Waals surface area contributed by atoms with Gasteiger partial charge >= 0.3 is 0 Å². The summed E-state index contributed by atoms with van der Waals surface area (Å²) in [6, 6.07) is 0. The van der Waals surface area contributed by atoms with Gasteiger partial charge in [-0.1, -0.05) is 44.8 Å². The van der Waals surface area contributed by atoms with Gasteiger partial charge in [0.1, 0.15) is 0 Å². The molecule has 0 spiro atoms. The molecule has 0 fully saturated rings. The number of sulfone groups is 1. The van der Waals surface area contributed by atoms with Crippen molar-refractivity contribution in [2.24, 2.45) is 0 Å². The first-order chi connectivity index (χ1) is 8.12. The Morgan fingerprint density at radius 2 is 1.47 bits per heavy atom. The van der Waals surface area contributed by atoms with Gasteiger partial charge in [-0.05, 0) is 19.3 Å². The highest BCUT2D eigenvalue weighted by molar-refractivity contribution is 7.97. The molecule has 0 bridgehead atoms. The van der Waals surface area contributed by atoms with Crippen LogP contribution in [-0.4, -0.2) is 20.1 Å². The highest BCUT2D eigenvalue weighted by Gasteiger charge is 1.95. The third-order valence-electron chi connectivity index (χ3n) is 2.55. The third-order valence-corrected chi connectivity index (χ3v) is 3.58. The second kappa shape index (κ2) is 10.5. The van der Waals surface area contributed by atoms with Crippen LogP contribution < -0.4 is 0 Å². The average Bonchev–Trinajstić information content (AvgIpc) is 2.31. The number of aliphatic hydroxyl groups excluding tert-OH is 1. The van der Waals surface area contributed by atoms with E-state index in [2.05, 4.69) is 6.58 Å². The van der Waals surface area contributed by atoms with Crippen LogP contribution in [0.25, 0.3) is 0 Å². The summed E-state index contributed by atoms with van der Waals surface area (Å²) in [6.07, 6.45) is 10.3. The van der Waals surface area contributed by atoms with Gasteiger partial charge in [-0.3, -0.25) is 0 Å². The molecule has 4 heteroatoms. The van der Waals surface area contributed by atoms with Crippen molar-refractivity contribution in [2.45, 2.75) is 51.4 Å². The van der Waals surface area contributed by atoms with E-state index in [0.29, 0.717) is 6.61 Å². The molecule has 0 rings (SSSR count). The molecule has 0 heterocycles. The van der Waals surface area contributed by atoms with Crippen molar-refractivity contribution in [3.8, 4) is 0 Å². The van der Waals surface area contributed by atoms with Gasteiger partial charge in [0.25, 0.3) is 0 Å². The molecule has 0 radical (unpaired) electrons. The summed E-state index contributed by atoms with van der Waals surface area (Å²) in [5, 5.41) is 10.8. The topological polar surface area (TPSA) is 54.4 Å². The first kappa shape index (κ1) is 16.4. The maximum atomic E-state index is 11.0. The van der Waals surface area contributed by atoms with Gasteiger partial charge in [0.15, 0.2) is 9.84 Å². The van der Waals surface area contributed by atoms with Crippen LogP contribution in [0.5, 0.6) is 0 Å². The van der Waals surface area contributed by atoms with Gasteiger partial charge in [0.2, 0.25) is 0 Å². The summed E-state index contributed by atoms with van der Waals surface area (Å²) in [4.78, 5) is 0. The van der Waals surface area contributed by atoms with E-state index in [1.54, 1.807) is 6.08 Å². The minimum absolute atomic E-state index is 0.294. The Kier molecular flexibility index (Phi) is 10.2. The standard InChI is InChI=1S/C13H24O3S/c1-2-17(15,16)13-11-9-7-5-3-4-6-8-10-12-14/h2,11,13-14H,1,3-10,12H2/b13-11+. The van der Waals surface area contributed by atoms with Crippen LogP contribution in [0.1, 0.15) is 51.4 Å². The van der Waals surface area contributed by atoms with Gasteiger partial charge in [-0.25, -0.2) is 8.42 Å². The zero-order valence-electron chi connectivity index (χ0n) is 10.5. The second-order valence-electron chi connectivity index (χ2n) is 4.11. The lowest BCUT2D eigenvalue weighted by Crippen LogP contribution is -1.86. The molecular weight excluding hydrogens is 236 g/mol. The molecular formula is C13H24O3S. The molecule has 3 nitrogen and oxygen atoms in total. The van der Waals surface area contributed by atoms with Gasteiger partial charge in [0, 0.05) is 17.4 Å². The number of aliphatic hydroxyl groups is 1. The molecule has 0 aromatic heterocycles. The molecule has 17 heavy (non-hydrogen) atoms. The van der Waals surface area contributed by atoms with Crippen molar-refractivity contribution in [2.75, 3.05) is 6.61 Å². The van der Waals surface area contributed by atoms with Crippen LogP contribution in [0.15, 0.2) is 23.5 Å². The Balaban J connectivity index is 3.32. The maximum absolute atomic E-state index is 11.0. The summed E-state index contributed by atoms with van der Waals surface area (Å²) in [6.45, 7) is 3.53. The van der Waals surface area contributed by atoms with Crippen LogP contribution in [0.3, 0.4) is 0 Å². The molecule has 0 amide bonds. The normalized spacial score (nSPS) is 12.1. The number of hydrogen-bond donors (Lipinski definition) is 1. The van der Waals surface area contributed by atoms with E-state index < -0.39 is 9.84 Å². The van der Waals surface area contributed by atoms with E-state index in [9.17, 15) is 8.42 Å². The van der Waals surface area contributed by atoms with Gasteiger partial charge in [0.05, 0.1) is 0 Å². The third kappa shape index (κ3) is 11.6. The predicted molar refractivity (Wildman–Crippen MR) is 72.3 cm³/mol. The van der Waals surface area contributed by atoms with Crippen molar-refractivity contribution < 1.29 is 13.5 Å². The highest BCUT2D eigenvalue weighted by atomic mass is 32.2. The fourth-order valence-corrected chi connectivity index (χ4v) is 2.03. The monoisotopic (exact) mass is 260 g/mol. The Morgan fingerprint density at radius 1 is 0.941 bits per heavy atom. The number of rotatable bonds is 11. The average molecular weight is 260 g/mol. The fourth-order valence-electron chi connectivity index (χ4n) is 1.52. The lowest BCUT2D eigenvalue weighted by molar-refractivity contribution is 0.282. The lowest BCUT2D eigenvalue weighted by atomic mass is 10.1. The molecule has 0 aliphatic rings. The van der Waals surface area contributed by atoms with Crippen LogP contribution in [0.4, 0.5) is 0 Å². The zero-order chi connectivity index (χ0) is 13.0. The molecule has 0 saturated heterocycles. The first-order valence-corrected chi connectivity index (χ1v) is 7.88. The Bertz CT molecular complexity index is 305.